The molecule has 0 saturated carbocycles. The van der Waals surface area contributed by atoms with Crippen LogP contribution in [-0.2, 0) is 13.2 Å². The topological polar surface area (TPSA) is 61.3 Å². The fourth-order valence-corrected chi connectivity index (χ4v) is 3.57. The highest BCUT2D eigenvalue weighted by molar-refractivity contribution is 6.12. The Balaban J connectivity index is 1.93. The van der Waals surface area contributed by atoms with Crippen LogP contribution < -0.4 is 15.4 Å². The Morgan fingerprint density at radius 1 is 0.967 bits per heavy atom. The number of hydrogen-bond donors (Lipinski definition) is 1. The Kier molecular flexibility index (Phi) is 4.44. The van der Waals surface area contributed by atoms with Gasteiger partial charge in [0.2, 0.25) is 0 Å². The number of H-pyrrole nitrogens is 1. The number of benzene rings is 2. The van der Waals surface area contributed by atoms with Crippen LogP contribution in [0.2, 0.25) is 0 Å². The highest BCUT2D eigenvalue weighted by atomic mass is 19.4. The molecule has 0 aliphatic carbocycles. The maximum Gasteiger partial charge on any atom is 0.416 e. The van der Waals surface area contributed by atoms with Crippen molar-refractivity contribution >= 4 is 23.1 Å². The minimum absolute atomic E-state index is 0.0339. The minimum atomic E-state index is -4.59. The van der Waals surface area contributed by atoms with Gasteiger partial charge in [-0.05, 0) is 48.9 Å². The maximum absolute atomic E-state index is 13.6. The lowest BCUT2D eigenvalue weighted by molar-refractivity contribution is -0.137. The lowest BCUT2D eigenvalue weighted by Gasteiger charge is -2.38. The van der Waals surface area contributed by atoms with Gasteiger partial charge < -0.3 is 4.90 Å². The Hall–Kier alpha value is -3.56. The minimum Gasteiger partial charge on any atom is -0.322 e. The smallest absolute Gasteiger partial charge is 0.322 e. The summed E-state index contributed by atoms with van der Waals surface area (Å²) in [6.07, 6.45) is -4.59. The highest BCUT2D eigenvalue weighted by Crippen LogP contribution is 2.40. The number of halogens is 4. The van der Waals surface area contributed by atoms with E-state index in [2.05, 4.69) is 5.10 Å². The number of aryl methyl sites for hydroxylation is 2. The number of nitrogens with zero attached hydrogens (tertiary/aromatic N) is 3. The van der Waals surface area contributed by atoms with E-state index in [1.165, 1.54) is 38.7 Å². The van der Waals surface area contributed by atoms with E-state index in [9.17, 15) is 27.2 Å². The van der Waals surface area contributed by atoms with Gasteiger partial charge in [-0.15, -0.1) is 0 Å². The summed E-state index contributed by atoms with van der Waals surface area (Å²) >= 11 is 0. The lowest BCUT2D eigenvalue weighted by Crippen LogP contribution is -2.46. The number of aromatic amines is 1. The van der Waals surface area contributed by atoms with Crippen LogP contribution in [0.15, 0.2) is 47.3 Å². The van der Waals surface area contributed by atoms with Gasteiger partial charge in [-0.1, -0.05) is 0 Å². The van der Waals surface area contributed by atoms with E-state index in [1.54, 1.807) is 14.0 Å². The SMILES string of the molecule is Cc1cc(F)ccc1N1CN(c2cc(=O)[nH]n2C)C(=O)c2ccc(C(F)(F)F)cc21. The summed E-state index contributed by atoms with van der Waals surface area (Å²) in [7, 11) is 1.54. The van der Waals surface area contributed by atoms with Crippen LogP contribution in [-0.4, -0.2) is 22.4 Å². The number of amides is 1. The molecule has 6 nitrogen and oxygen atoms in total. The second kappa shape index (κ2) is 6.75. The Morgan fingerprint density at radius 3 is 2.30 bits per heavy atom. The van der Waals surface area contributed by atoms with E-state index in [1.807, 2.05) is 0 Å². The number of anilines is 3. The van der Waals surface area contributed by atoms with Gasteiger partial charge >= 0.3 is 6.18 Å². The zero-order valence-corrected chi connectivity index (χ0v) is 15.9. The predicted octanol–water partition coefficient (Wildman–Crippen LogP) is 3.94. The molecule has 0 fully saturated rings. The van der Waals surface area contributed by atoms with Gasteiger partial charge in [0.15, 0.2) is 0 Å². The summed E-state index contributed by atoms with van der Waals surface area (Å²) in [6.45, 7) is 1.46. The van der Waals surface area contributed by atoms with Crippen LogP contribution in [0.4, 0.5) is 34.8 Å². The van der Waals surface area contributed by atoms with E-state index in [4.69, 9.17) is 0 Å². The van der Waals surface area contributed by atoms with E-state index in [0.717, 1.165) is 18.2 Å². The summed E-state index contributed by atoms with van der Waals surface area (Å²) in [6, 6.07) is 7.98. The molecule has 0 radical (unpaired) electrons. The third kappa shape index (κ3) is 3.23. The highest BCUT2D eigenvalue weighted by Gasteiger charge is 2.37. The monoisotopic (exact) mass is 420 g/mol. The standard InChI is InChI=1S/C20H16F4N4O2/c1-11-7-13(21)4-6-15(11)27-10-28(18-9-17(29)25-26(18)2)19(30)14-5-3-12(8-16(14)27)20(22,23)24/h3-9H,10H2,1-2H3,(H,25,29). The van der Waals surface area contributed by atoms with Crippen LogP contribution in [0.1, 0.15) is 21.5 Å². The van der Waals surface area contributed by atoms with Gasteiger partial charge in [-0.3, -0.25) is 24.3 Å². The quantitative estimate of drug-likeness (QED) is 0.639. The molecule has 30 heavy (non-hydrogen) atoms. The van der Waals surface area contributed by atoms with Crippen molar-refractivity contribution in [2.75, 3.05) is 16.5 Å². The Labute approximate surface area is 167 Å². The molecule has 1 aromatic heterocycles. The van der Waals surface area contributed by atoms with Crippen molar-refractivity contribution in [2.24, 2.45) is 7.05 Å². The summed E-state index contributed by atoms with van der Waals surface area (Å²) in [5, 5.41) is 2.50. The van der Waals surface area contributed by atoms with Crippen molar-refractivity contribution in [3.63, 3.8) is 0 Å². The molecular formula is C20H16F4N4O2. The summed E-state index contributed by atoms with van der Waals surface area (Å²) < 4.78 is 54.9. The van der Waals surface area contributed by atoms with Crippen molar-refractivity contribution in [3.8, 4) is 0 Å². The van der Waals surface area contributed by atoms with Crippen LogP contribution in [0.5, 0.6) is 0 Å². The molecule has 10 heteroatoms. The molecule has 0 saturated heterocycles. The van der Waals surface area contributed by atoms with Crippen LogP contribution >= 0.6 is 0 Å². The van der Waals surface area contributed by atoms with Gasteiger partial charge in [0.25, 0.3) is 11.5 Å². The molecule has 4 rings (SSSR count). The third-order valence-corrected chi connectivity index (χ3v) is 4.98. The first-order valence-electron chi connectivity index (χ1n) is 8.89. The molecule has 0 bridgehead atoms. The van der Waals surface area contributed by atoms with Gasteiger partial charge in [0.05, 0.1) is 16.8 Å². The molecule has 0 unspecified atom stereocenters. The second-order valence-electron chi connectivity index (χ2n) is 7.00. The largest absolute Gasteiger partial charge is 0.416 e. The fourth-order valence-electron chi connectivity index (χ4n) is 3.57. The average molecular weight is 420 g/mol. The van der Waals surface area contributed by atoms with E-state index >= 15 is 0 Å². The molecule has 1 N–H and O–H groups in total. The molecule has 2 heterocycles. The number of carbonyl (C=O) groups is 1. The number of alkyl halides is 3. The zero-order chi connectivity index (χ0) is 21.8. The fraction of sp³-hybridized carbons (Fsp3) is 0.200. The van der Waals surface area contributed by atoms with Crippen molar-refractivity contribution in [1.82, 2.24) is 9.78 Å². The summed E-state index contributed by atoms with van der Waals surface area (Å²) in [5.74, 6) is -0.789. The maximum atomic E-state index is 13.6. The number of nitrogens with one attached hydrogen (secondary N) is 1. The van der Waals surface area contributed by atoms with Crippen LogP contribution in [0, 0.1) is 12.7 Å². The van der Waals surface area contributed by atoms with Gasteiger partial charge in [0, 0.05) is 18.8 Å². The Bertz CT molecular complexity index is 1210. The molecular weight excluding hydrogens is 404 g/mol. The third-order valence-electron chi connectivity index (χ3n) is 4.98. The number of fused-ring (bicyclic) bond motifs is 1. The number of rotatable bonds is 2. The first-order chi connectivity index (χ1) is 14.1. The molecule has 1 amide bonds. The number of carbonyl (C=O) groups excluding carboxylic acids is 1. The normalized spacial score (nSPS) is 14.3. The van der Waals surface area contributed by atoms with Crippen LogP contribution in [0.3, 0.4) is 0 Å². The first kappa shape index (κ1) is 19.7. The predicted molar refractivity (Wildman–Crippen MR) is 102 cm³/mol. The van der Waals surface area contributed by atoms with Crippen LogP contribution in [0.25, 0.3) is 0 Å². The molecule has 1 aliphatic heterocycles. The second-order valence-corrected chi connectivity index (χ2v) is 7.00. The first-order valence-corrected chi connectivity index (χ1v) is 8.89. The lowest BCUT2D eigenvalue weighted by atomic mass is 10.0. The molecule has 156 valence electrons. The number of hydrogen-bond acceptors (Lipinski definition) is 3. The molecule has 1 aliphatic rings. The summed E-state index contributed by atoms with van der Waals surface area (Å²) in [4.78, 5) is 27.6. The van der Waals surface area contributed by atoms with E-state index in [-0.39, 0.29) is 23.7 Å². The number of aromatic nitrogens is 2. The molecule has 0 spiro atoms. The zero-order valence-electron chi connectivity index (χ0n) is 15.9. The average Bonchev–Trinajstić information content (AvgIpc) is 2.99. The molecule has 2 aromatic carbocycles. The van der Waals surface area contributed by atoms with Crippen molar-refractivity contribution in [2.45, 2.75) is 13.1 Å². The van der Waals surface area contributed by atoms with Gasteiger partial charge in [-0.2, -0.15) is 13.2 Å². The summed E-state index contributed by atoms with van der Waals surface area (Å²) in [5.41, 5.74) is -0.317. The van der Waals surface area contributed by atoms with E-state index < -0.39 is 29.0 Å². The van der Waals surface area contributed by atoms with Crippen molar-refractivity contribution in [1.29, 1.82) is 0 Å². The van der Waals surface area contributed by atoms with Gasteiger partial charge in [-0.25, -0.2) is 4.39 Å². The molecule has 0 atom stereocenters. The molecule has 3 aromatic rings. The van der Waals surface area contributed by atoms with Crippen molar-refractivity contribution in [3.05, 3.63) is 75.3 Å². The van der Waals surface area contributed by atoms with E-state index in [0.29, 0.717) is 11.3 Å². The Morgan fingerprint density at radius 2 is 1.70 bits per heavy atom. The van der Waals surface area contributed by atoms with Gasteiger partial charge in [0.1, 0.15) is 18.3 Å². The van der Waals surface area contributed by atoms with Crippen molar-refractivity contribution < 1.29 is 22.4 Å².